The van der Waals surface area contributed by atoms with Gasteiger partial charge in [-0.15, -0.1) is 0 Å². The van der Waals surface area contributed by atoms with Crippen LogP contribution in [0.5, 0.6) is 0 Å². The molecule has 0 aliphatic rings. The molecular weight excluding hydrogens is 359 g/mol. The van der Waals surface area contributed by atoms with Crippen molar-refractivity contribution >= 4 is 22.6 Å². The molecule has 0 amide bonds. The number of nitrogens with zero attached hydrogens (tertiary/aromatic N) is 1. The first kappa shape index (κ1) is 17.9. The molecule has 0 saturated carbocycles. The number of likely N-dealkylation sites (N-methyl/N-ethyl adjacent to an activating group) is 1. The lowest BCUT2D eigenvalue weighted by Gasteiger charge is -2.46. The second-order valence-electron chi connectivity index (χ2n) is 5.42. The molecule has 0 aliphatic heterocycles. The molecule has 1 rings (SSSR count). The summed E-state index contributed by atoms with van der Waals surface area (Å²) in [4.78, 5) is 2.55. The summed E-state index contributed by atoms with van der Waals surface area (Å²) in [6.45, 7) is 11.2. The third-order valence-corrected chi connectivity index (χ3v) is 5.40. The van der Waals surface area contributed by atoms with E-state index < -0.39 is 0 Å². The molecule has 0 spiro atoms. The van der Waals surface area contributed by atoms with Crippen LogP contribution in [-0.2, 0) is 6.42 Å². The first-order valence-corrected chi connectivity index (χ1v) is 8.86. The quantitative estimate of drug-likeness (QED) is 0.681. The number of nitrogens with two attached hydrogens (primary N) is 1. The molecule has 0 heterocycles. The van der Waals surface area contributed by atoms with Gasteiger partial charge in [-0.2, -0.15) is 0 Å². The largest absolute Gasteiger partial charge is 0.326 e. The Morgan fingerprint density at radius 2 is 1.55 bits per heavy atom. The van der Waals surface area contributed by atoms with E-state index in [1.54, 1.807) is 0 Å². The van der Waals surface area contributed by atoms with Crippen molar-refractivity contribution in [1.29, 1.82) is 0 Å². The minimum Gasteiger partial charge on any atom is -0.326 e. The number of halogens is 1. The van der Waals surface area contributed by atoms with Crippen molar-refractivity contribution in [2.75, 3.05) is 13.1 Å². The van der Waals surface area contributed by atoms with Crippen LogP contribution in [0, 0.1) is 3.57 Å². The van der Waals surface area contributed by atoms with Crippen molar-refractivity contribution in [3.05, 3.63) is 33.4 Å². The summed E-state index contributed by atoms with van der Waals surface area (Å²) in [6.07, 6.45) is 3.17. The number of rotatable bonds is 8. The number of hydrogen-bond acceptors (Lipinski definition) is 2. The Morgan fingerprint density at radius 3 is 1.95 bits per heavy atom. The first-order chi connectivity index (χ1) is 9.53. The summed E-state index contributed by atoms with van der Waals surface area (Å²) >= 11 is 2.34. The van der Waals surface area contributed by atoms with Gasteiger partial charge in [0.1, 0.15) is 0 Å². The maximum absolute atomic E-state index is 6.65. The lowest BCUT2D eigenvalue weighted by Crippen LogP contribution is -2.60. The minimum atomic E-state index is 0.118. The van der Waals surface area contributed by atoms with Gasteiger partial charge in [0.05, 0.1) is 0 Å². The van der Waals surface area contributed by atoms with E-state index in [2.05, 4.69) is 79.5 Å². The Morgan fingerprint density at radius 1 is 1.05 bits per heavy atom. The van der Waals surface area contributed by atoms with Crippen molar-refractivity contribution in [3.8, 4) is 0 Å². The molecule has 114 valence electrons. The maximum Gasteiger partial charge on any atom is 0.0358 e. The van der Waals surface area contributed by atoms with Crippen LogP contribution in [0.2, 0.25) is 0 Å². The fourth-order valence-corrected chi connectivity index (χ4v) is 3.73. The van der Waals surface area contributed by atoms with E-state index in [0.29, 0.717) is 0 Å². The van der Waals surface area contributed by atoms with Crippen LogP contribution in [0.25, 0.3) is 0 Å². The van der Waals surface area contributed by atoms with Crippen molar-refractivity contribution in [3.63, 3.8) is 0 Å². The van der Waals surface area contributed by atoms with Crippen LogP contribution >= 0.6 is 22.6 Å². The number of benzene rings is 1. The van der Waals surface area contributed by atoms with Crippen molar-refractivity contribution in [2.24, 2.45) is 5.73 Å². The van der Waals surface area contributed by atoms with Crippen molar-refractivity contribution < 1.29 is 0 Å². The van der Waals surface area contributed by atoms with E-state index >= 15 is 0 Å². The van der Waals surface area contributed by atoms with E-state index in [1.165, 1.54) is 9.13 Å². The van der Waals surface area contributed by atoms with Gasteiger partial charge in [-0.1, -0.05) is 39.8 Å². The van der Waals surface area contributed by atoms with E-state index in [9.17, 15) is 0 Å². The predicted octanol–water partition coefficient (Wildman–Crippen LogP) is 4.06. The Labute approximate surface area is 138 Å². The second-order valence-corrected chi connectivity index (χ2v) is 6.67. The van der Waals surface area contributed by atoms with Crippen LogP contribution in [0.3, 0.4) is 0 Å². The molecule has 0 aromatic heterocycles. The van der Waals surface area contributed by atoms with Gasteiger partial charge in [0, 0.05) is 15.2 Å². The Bertz CT molecular complexity index is 380. The molecular formula is C17H29IN2. The van der Waals surface area contributed by atoms with Gasteiger partial charge in [-0.3, -0.25) is 4.90 Å². The monoisotopic (exact) mass is 388 g/mol. The van der Waals surface area contributed by atoms with E-state index in [-0.39, 0.29) is 11.6 Å². The van der Waals surface area contributed by atoms with E-state index in [1.807, 2.05) is 0 Å². The summed E-state index contributed by atoms with van der Waals surface area (Å²) in [5.74, 6) is 0. The van der Waals surface area contributed by atoms with Gasteiger partial charge >= 0.3 is 0 Å². The fraction of sp³-hybridized carbons (Fsp3) is 0.647. The predicted molar refractivity (Wildman–Crippen MR) is 97.1 cm³/mol. The molecule has 0 saturated heterocycles. The molecule has 0 aliphatic carbocycles. The molecule has 1 aromatic rings. The van der Waals surface area contributed by atoms with Gasteiger partial charge in [-0.25, -0.2) is 0 Å². The zero-order chi connectivity index (χ0) is 15.2. The van der Waals surface area contributed by atoms with Gasteiger partial charge in [-0.05, 0) is 72.6 Å². The molecule has 1 unspecified atom stereocenters. The second kappa shape index (κ2) is 8.35. The highest BCUT2D eigenvalue weighted by Gasteiger charge is 2.37. The van der Waals surface area contributed by atoms with Gasteiger partial charge in [0.15, 0.2) is 0 Å². The average Bonchev–Trinajstić information content (AvgIpc) is 2.47. The standard InChI is InChI=1S/C17H29IN2/c1-5-17(6-2,20(7-3)8-4)16(19)13-14-9-11-15(18)12-10-14/h9-12,16H,5-8,13,19H2,1-4H3. The highest BCUT2D eigenvalue weighted by molar-refractivity contribution is 14.1. The van der Waals surface area contributed by atoms with E-state index in [0.717, 1.165) is 32.4 Å². The fourth-order valence-electron chi connectivity index (χ4n) is 3.37. The molecule has 0 bridgehead atoms. The lowest BCUT2D eigenvalue weighted by atomic mass is 9.80. The van der Waals surface area contributed by atoms with Crippen molar-refractivity contribution in [1.82, 2.24) is 4.90 Å². The average molecular weight is 388 g/mol. The normalized spacial score (nSPS) is 13.8. The zero-order valence-corrected chi connectivity index (χ0v) is 15.5. The van der Waals surface area contributed by atoms with Gasteiger partial charge in [0.2, 0.25) is 0 Å². The Balaban J connectivity index is 2.93. The summed E-state index contributed by atoms with van der Waals surface area (Å²) in [6, 6.07) is 8.93. The van der Waals surface area contributed by atoms with Crippen LogP contribution in [0.15, 0.2) is 24.3 Å². The topological polar surface area (TPSA) is 29.3 Å². The highest BCUT2D eigenvalue weighted by Crippen LogP contribution is 2.29. The summed E-state index contributed by atoms with van der Waals surface area (Å²) in [5, 5.41) is 0. The maximum atomic E-state index is 6.65. The number of hydrogen-bond donors (Lipinski definition) is 1. The molecule has 0 radical (unpaired) electrons. The molecule has 2 nitrogen and oxygen atoms in total. The first-order valence-electron chi connectivity index (χ1n) is 7.79. The third-order valence-electron chi connectivity index (χ3n) is 4.68. The summed E-state index contributed by atoms with van der Waals surface area (Å²) in [5.41, 5.74) is 8.11. The van der Waals surface area contributed by atoms with Gasteiger partial charge < -0.3 is 5.73 Å². The van der Waals surface area contributed by atoms with Crippen LogP contribution in [0.1, 0.15) is 46.1 Å². The molecule has 3 heteroatoms. The van der Waals surface area contributed by atoms with E-state index in [4.69, 9.17) is 5.73 Å². The molecule has 1 atom stereocenters. The molecule has 1 aromatic carbocycles. The Hall–Kier alpha value is -0.130. The van der Waals surface area contributed by atoms with Crippen LogP contribution in [-0.4, -0.2) is 29.6 Å². The molecule has 20 heavy (non-hydrogen) atoms. The van der Waals surface area contributed by atoms with Crippen LogP contribution in [0.4, 0.5) is 0 Å². The lowest BCUT2D eigenvalue weighted by molar-refractivity contribution is 0.0628. The summed E-state index contributed by atoms with van der Waals surface area (Å²) < 4.78 is 1.28. The van der Waals surface area contributed by atoms with Crippen molar-refractivity contribution in [2.45, 2.75) is 58.5 Å². The zero-order valence-electron chi connectivity index (χ0n) is 13.3. The summed E-state index contributed by atoms with van der Waals surface area (Å²) in [7, 11) is 0. The van der Waals surface area contributed by atoms with Crippen LogP contribution < -0.4 is 5.73 Å². The highest BCUT2D eigenvalue weighted by atomic mass is 127. The smallest absolute Gasteiger partial charge is 0.0358 e. The minimum absolute atomic E-state index is 0.118. The Kier molecular flexibility index (Phi) is 7.48. The van der Waals surface area contributed by atoms with Gasteiger partial charge in [0.25, 0.3) is 0 Å². The SMILES string of the molecule is CCN(CC)C(CC)(CC)C(N)Cc1ccc(I)cc1. The molecule has 0 fully saturated rings. The molecule has 2 N–H and O–H groups in total. The third kappa shape index (κ3) is 3.95.